The quantitative estimate of drug-likeness (QED) is 0.840. The lowest BCUT2D eigenvalue weighted by molar-refractivity contribution is -0.0208. The van der Waals surface area contributed by atoms with Crippen molar-refractivity contribution < 1.29 is 17.2 Å². The van der Waals surface area contributed by atoms with E-state index < -0.39 is 15.9 Å². The first-order valence-electron chi connectivity index (χ1n) is 6.83. The molecule has 1 aliphatic heterocycles. The molecule has 0 amide bonds. The fourth-order valence-electron chi connectivity index (χ4n) is 2.40. The van der Waals surface area contributed by atoms with Gasteiger partial charge in [-0.3, -0.25) is 4.90 Å². The normalized spacial score (nSPS) is 18.1. The molecular weight excluding hydrogens is 312 g/mol. The summed E-state index contributed by atoms with van der Waals surface area (Å²) in [7, 11) is -3.69. The van der Waals surface area contributed by atoms with E-state index in [0.717, 1.165) is 6.92 Å². The van der Waals surface area contributed by atoms with Crippen LogP contribution in [0.4, 0.5) is 8.78 Å². The van der Waals surface area contributed by atoms with Crippen LogP contribution in [-0.2, 0) is 10.0 Å². The number of benzene rings is 1. The molecule has 0 saturated carbocycles. The summed E-state index contributed by atoms with van der Waals surface area (Å²) in [5.74, 6) is -2.79. The van der Waals surface area contributed by atoms with Crippen LogP contribution < -0.4 is 0 Å². The van der Waals surface area contributed by atoms with Crippen molar-refractivity contribution >= 4 is 10.0 Å². The standard InChI is InChI=1S/C14H17F2N3O2S/c1-14(15,16)11-18-5-7-19(8-6-18)22(20,21)13-4-2-3-12(9-13)10-17/h2-4,9H,5-8,11H2,1H3. The van der Waals surface area contributed by atoms with Crippen molar-refractivity contribution in [3.05, 3.63) is 29.8 Å². The third-order valence-electron chi connectivity index (χ3n) is 3.43. The predicted octanol–water partition coefficient (Wildman–Crippen LogP) is 1.52. The average Bonchev–Trinajstić information content (AvgIpc) is 2.46. The molecule has 2 rings (SSSR count). The summed E-state index contributed by atoms with van der Waals surface area (Å²) in [5, 5.41) is 8.84. The van der Waals surface area contributed by atoms with Gasteiger partial charge in [-0.15, -0.1) is 0 Å². The van der Waals surface area contributed by atoms with Gasteiger partial charge in [0, 0.05) is 33.1 Å². The van der Waals surface area contributed by atoms with Crippen molar-refractivity contribution in [2.45, 2.75) is 17.7 Å². The number of halogens is 2. The number of rotatable bonds is 4. The first-order valence-corrected chi connectivity index (χ1v) is 8.27. The van der Waals surface area contributed by atoms with Gasteiger partial charge in [0.15, 0.2) is 0 Å². The maximum Gasteiger partial charge on any atom is 0.257 e. The number of nitriles is 1. The Morgan fingerprint density at radius 3 is 2.45 bits per heavy atom. The van der Waals surface area contributed by atoms with Crippen molar-refractivity contribution in [2.75, 3.05) is 32.7 Å². The Labute approximate surface area is 128 Å². The molecule has 0 unspecified atom stereocenters. The Hall–Kier alpha value is -1.56. The van der Waals surface area contributed by atoms with Crippen LogP contribution in [-0.4, -0.2) is 56.3 Å². The Morgan fingerprint density at radius 1 is 1.27 bits per heavy atom. The van der Waals surface area contributed by atoms with Crippen LogP contribution in [0.5, 0.6) is 0 Å². The Kier molecular flexibility index (Phi) is 4.80. The molecule has 1 fully saturated rings. The zero-order valence-corrected chi connectivity index (χ0v) is 13.0. The number of sulfonamides is 1. The maximum absolute atomic E-state index is 13.0. The largest absolute Gasteiger partial charge is 0.295 e. The van der Waals surface area contributed by atoms with Gasteiger partial charge in [-0.2, -0.15) is 9.57 Å². The summed E-state index contributed by atoms with van der Waals surface area (Å²) < 4.78 is 52.2. The summed E-state index contributed by atoms with van der Waals surface area (Å²) in [6, 6.07) is 7.70. The molecule has 0 spiro atoms. The first kappa shape index (κ1) is 16.8. The highest BCUT2D eigenvalue weighted by molar-refractivity contribution is 7.89. The summed E-state index contributed by atoms with van der Waals surface area (Å²) in [6.45, 7) is 1.33. The lowest BCUT2D eigenvalue weighted by Crippen LogP contribution is -2.50. The number of hydrogen-bond acceptors (Lipinski definition) is 4. The van der Waals surface area contributed by atoms with Crippen LogP contribution in [0.25, 0.3) is 0 Å². The molecule has 22 heavy (non-hydrogen) atoms. The molecule has 1 aliphatic rings. The van der Waals surface area contributed by atoms with Gasteiger partial charge < -0.3 is 0 Å². The monoisotopic (exact) mass is 329 g/mol. The third-order valence-corrected chi connectivity index (χ3v) is 5.33. The van der Waals surface area contributed by atoms with Crippen LogP contribution in [0, 0.1) is 11.3 Å². The van der Waals surface area contributed by atoms with Gasteiger partial charge in [0.25, 0.3) is 5.92 Å². The van der Waals surface area contributed by atoms with Crippen molar-refractivity contribution in [3.8, 4) is 6.07 Å². The van der Waals surface area contributed by atoms with Crippen LogP contribution in [0.1, 0.15) is 12.5 Å². The second-order valence-electron chi connectivity index (χ2n) is 5.39. The van der Waals surface area contributed by atoms with Crippen LogP contribution in [0.15, 0.2) is 29.2 Å². The first-order chi connectivity index (χ1) is 10.2. The van der Waals surface area contributed by atoms with E-state index in [9.17, 15) is 17.2 Å². The molecular formula is C14H17F2N3O2S. The van der Waals surface area contributed by atoms with E-state index in [0.29, 0.717) is 0 Å². The minimum absolute atomic E-state index is 0.0563. The SMILES string of the molecule is CC(F)(F)CN1CCN(S(=O)(=O)c2cccc(C#N)c2)CC1. The molecule has 1 aromatic rings. The van der Waals surface area contributed by atoms with E-state index in [-0.39, 0.29) is 43.2 Å². The number of piperazine rings is 1. The summed E-state index contributed by atoms with van der Waals surface area (Å²) in [4.78, 5) is 1.61. The highest BCUT2D eigenvalue weighted by Gasteiger charge is 2.32. The zero-order valence-electron chi connectivity index (χ0n) is 12.2. The number of nitrogens with zero attached hydrogens (tertiary/aromatic N) is 3. The van der Waals surface area contributed by atoms with Gasteiger partial charge in [0.2, 0.25) is 10.0 Å². The van der Waals surface area contributed by atoms with Gasteiger partial charge in [0.1, 0.15) is 0 Å². The Morgan fingerprint density at radius 2 is 1.91 bits per heavy atom. The topological polar surface area (TPSA) is 64.4 Å². The van der Waals surface area contributed by atoms with E-state index >= 15 is 0 Å². The lowest BCUT2D eigenvalue weighted by atomic mass is 10.2. The van der Waals surface area contributed by atoms with Gasteiger partial charge in [-0.05, 0) is 18.2 Å². The minimum Gasteiger partial charge on any atom is -0.295 e. The van der Waals surface area contributed by atoms with Gasteiger partial charge in [-0.25, -0.2) is 17.2 Å². The predicted molar refractivity (Wildman–Crippen MR) is 77.0 cm³/mol. The van der Waals surface area contributed by atoms with E-state index in [1.165, 1.54) is 28.6 Å². The van der Waals surface area contributed by atoms with Crippen molar-refractivity contribution in [3.63, 3.8) is 0 Å². The van der Waals surface area contributed by atoms with Crippen molar-refractivity contribution in [1.29, 1.82) is 5.26 Å². The second kappa shape index (κ2) is 6.28. The summed E-state index contributed by atoms with van der Waals surface area (Å²) in [5.41, 5.74) is 0.269. The fourth-order valence-corrected chi connectivity index (χ4v) is 3.86. The van der Waals surface area contributed by atoms with Gasteiger partial charge in [0.05, 0.1) is 23.1 Å². The molecule has 5 nitrogen and oxygen atoms in total. The van der Waals surface area contributed by atoms with Crippen LogP contribution in [0.2, 0.25) is 0 Å². The van der Waals surface area contributed by atoms with Gasteiger partial charge in [-0.1, -0.05) is 6.07 Å². The Bertz CT molecular complexity index is 672. The third kappa shape index (κ3) is 4.00. The molecule has 0 aliphatic carbocycles. The van der Waals surface area contributed by atoms with E-state index in [4.69, 9.17) is 5.26 Å². The lowest BCUT2D eigenvalue weighted by Gasteiger charge is -2.35. The molecule has 120 valence electrons. The zero-order chi connectivity index (χ0) is 16.4. The summed E-state index contributed by atoms with van der Waals surface area (Å²) in [6.07, 6.45) is 0. The second-order valence-corrected chi connectivity index (χ2v) is 7.33. The van der Waals surface area contributed by atoms with E-state index in [1.54, 1.807) is 4.90 Å². The minimum atomic E-state index is -3.69. The average molecular weight is 329 g/mol. The summed E-state index contributed by atoms with van der Waals surface area (Å²) >= 11 is 0. The number of alkyl halides is 2. The highest BCUT2D eigenvalue weighted by Crippen LogP contribution is 2.20. The van der Waals surface area contributed by atoms with Crippen molar-refractivity contribution in [2.24, 2.45) is 0 Å². The molecule has 0 bridgehead atoms. The Balaban J connectivity index is 2.08. The van der Waals surface area contributed by atoms with E-state index in [2.05, 4.69) is 0 Å². The smallest absolute Gasteiger partial charge is 0.257 e. The molecule has 8 heteroatoms. The molecule has 1 aromatic carbocycles. The molecule has 0 radical (unpaired) electrons. The number of hydrogen-bond donors (Lipinski definition) is 0. The van der Waals surface area contributed by atoms with E-state index in [1.807, 2.05) is 6.07 Å². The molecule has 0 aromatic heterocycles. The van der Waals surface area contributed by atoms with Gasteiger partial charge >= 0.3 is 0 Å². The molecule has 0 atom stereocenters. The van der Waals surface area contributed by atoms with Crippen molar-refractivity contribution in [1.82, 2.24) is 9.21 Å². The molecule has 1 heterocycles. The maximum atomic E-state index is 13.0. The van der Waals surface area contributed by atoms with Crippen LogP contribution >= 0.6 is 0 Å². The molecule has 1 saturated heterocycles. The fraction of sp³-hybridized carbons (Fsp3) is 0.500. The highest BCUT2D eigenvalue weighted by atomic mass is 32.2. The van der Waals surface area contributed by atoms with Crippen LogP contribution in [0.3, 0.4) is 0 Å². The molecule has 0 N–H and O–H groups in total.